The normalized spacial score (nSPS) is 13.9. The lowest BCUT2D eigenvalue weighted by Crippen LogP contribution is -2.46. The zero-order chi connectivity index (χ0) is 26.0. The first-order valence-corrected chi connectivity index (χ1v) is 13.9. The van der Waals surface area contributed by atoms with E-state index in [1.807, 2.05) is 66.4 Å². The molecule has 2 amide bonds. The average molecular weight is 567 g/mol. The lowest BCUT2D eigenvalue weighted by atomic mass is 10.1. The van der Waals surface area contributed by atoms with E-state index in [0.717, 1.165) is 42.0 Å². The number of hydrogen-bond acceptors (Lipinski definition) is 4. The zero-order valence-electron chi connectivity index (χ0n) is 21.6. The Balaban J connectivity index is 1.50. The number of aryl methyl sites for hydroxylation is 1. The highest BCUT2D eigenvalue weighted by Gasteiger charge is 2.24. The number of amides is 2. The number of hydrogen-bond donors (Lipinski definition) is 0. The molecule has 0 radical (unpaired) electrons. The van der Waals surface area contributed by atoms with Gasteiger partial charge in [0.05, 0.1) is 6.54 Å². The second-order valence-electron chi connectivity index (χ2n) is 9.70. The van der Waals surface area contributed by atoms with Gasteiger partial charge in [0.1, 0.15) is 18.1 Å². The topological polar surface area (TPSA) is 57.0 Å². The van der Waals surface area contributed by atoms with Crippen molar-refractivity contribution in [1.29, 1.82) is 0 Å². The number of likely N-dealkylation sites (tertiary alicyclic amines) is 1. The van der Waals surface area contributed by atoms with Crippen LogP contribution in [-0.2, 0) is 17.8 Å². The molecule has 4 rings (SSSR count). The van der Waals surface area contributed by atoms with Crippen molar-refractivity contribution in [3.8, 4) is 0 Å². The number of carbonyl (C=O) groups is 2. The molecule has 0 aliphatic carbocycles. The van der Waals surface area contributed by atoms with Gasteiger partial charge in [-0.05, 0) is 75.2 Å². The SMILES string of the molecule is Cc1ccc(CN(CCc2ccccc2)C(=O)CN(CCN2CCCCC2)C(=O)c2cccc(Br)c2)o1. The molecule has 0 atom stereocenters. The van der Waals surface area contributed by atoms with Crippen molar-refractivity contribution in [3.63, 3.8) is 0 Å². The summed E-state index contributed by atoms with van der Waals surface area (Å²) in [6, 6.07) is 21.4. The minimum absolute atomic E-state index is 0.0354. The van der Waals surface area contributed by atoms with E-state index in [2.05, 4.69) is 33.0 Å². The van der Waals surface area contributed by atoms with Crippen LogP contribution >= 0.6 is 15.9 Å². The Morgan fingerprint density at radius 1 is 0.919 bits per heavy atom. The average Bonchev–Trinajstić information content (AvgIpc) is 3.34. The lowest BCUT2D eigenvalue weighted by Gasteiger charge is -2.31. The number of benzene rings is 2. The van der Waals surface area contributed by atoms with Crippen LogP contribution in [0.25, 0.3) is 0 Å². The third-order valence-electron chi connectivity index (χ3n) is 6.83. The third kappa shape index (κ3) is 8.30. The van der Waals surface area contributed by atoms with Gasteiger partial charge in [-0.2, -0.15) is 0 Å². The number of furan rings is 1. The number of carbonyl (C=O) groups excluding carboxylic acids is 2. The van der Waals surface area contributed by atoms with E-state index in [-0.39, 0.29) is 18.4 Å². The largest absolute Gasteiger partial charge is 0.464 e. The Kier molecular flexibility index (Phi) is 9.97. The number of halogens is 1. The molecule has 3 aromatic rings. The van der Waals surface area contributed by atoms with Crippen LogP contribution in [0, 0.1) is 6.92 Å². The first-order chi connectivity index (χ1) is 18.0. The smallest absolute Gasteiger partial charge is 0.254 e. The standard InChI is InChI=1S/C30H36BrN3O3/c1-24-13-14-28(37-24)22-33(18-15-25-9-4-2-5-10-25)29(35)23-34(20-19-32-16-6-3-7-17-32)30(36)26-11-8-12-27(31)21-26/h2,4-5,8-14,21H,3,6-7,15-20,22-23H2,1H3. The predicted molar refractivity (Wildman–Crippen MR) is 149 cm³/mol. The van der Waals surface area contributed by atoms with Crippen molar-refractivity contribution in [2.45, 2.75) is 39.2 Å². The second-order valence-corrected chi connectivity index (χ2v) is 10.6. The second kappa shape index (κ2) is 13.6. The Morgan fingerprint density at radius 3 is 2.41 bits per heavy atom. The van der Waals surface area contributed by atoms with Gasteiger partial charge in [-0.1, -0.05) is 58.7 Å². The van der Waals surface area contributed by atoms with Crippen LogP contribution in [0.3, 0.4) is 0 Å². The summed E-state index contributed by atoms with van der Waals surface area (Å²) in [6.45, 7) is 6.25. The molecule has 0 bridgehead atoms. The van der Waals surface area contributed by atoms with Gasteiger partial charge in [0.15, 0.2) is 0 Å². The molecule has 196 valence electrons. The van der Waals surface area contributed by atoms with Crippen molar-refractivity contribution >= 4 is 27.7 Å². The molecule has 0 saturated carbocycles. The highest BCUT2D eigenvalue weighted by atomic mass is 79.9. The van der Waals surface area contributed by atoms with Crippen molar-refractivity contribution in [2.24, 2.45) is 0 Å². The summed E-state index contributed by atoms with van der Waals surface area (Å²) in [5, 5.41) is 0. The van der Waals surface area contributed by atoms with Gasteiger partial charge in [0.2, 0.25) is 5.91 Å². The van der Waals surface area contributed by atoms with E-state index in [1.165, 1.54) is 24.8 Å². The van der Waals surface area contributed by atoms with Crippen LogP contribution in [0.4, 0.5) is 0 Å². The Bertz CT molecular complexity index is 1160. The summed E-state index contributed by atoms with van der Waals surface area (Å²) in [5.41, 5.74) is 1.75. The molecule has 6 nitrogen and oxygen atoms in total. The van der Waals surface area contributed by atoms with Crippen LogP contribution < -0.4 is 0 Å². The first-order valence-electron chi connectivity index (χ1n) is 13.1. The highest BCUT2D eigenvalue weighted by Crippen LogP contribution is 2.16. The molecule has 1 fully saturated rings. The van der Waals surface area contributed by atoms with Crippen LogP contribution in [0.15, 0.2) is 75.6 Å². The summed E-state index contributed by atoms with van der Waals surface area (Å²) >= 11 is 3.47. The van der Waals surface area contributed by atoms with Gasteiger partial charge in [-0.25, -0.2) is 0 Å². The monoisotopic (exact) mass is 565 g/mol. The van der Waals surface area contributed by atoms with E-state index in [0.29, 0.717) is 25.2 Å². The maximum atomic E-state index is 13.7. The molecule has 1 aliphatic heterocycles. The molecule has 1 saturated heterocycles. The Morgan fingerprint density at radius 2 is 1.70 bits per heavy atom. The van der Waals surface area contributed by atoms with Crippen LogP contribution in [-0.4, -0.2) is 65.8 Å². The molecule has 2 aromatic carbocycles. The predicted octanol–water partition coefficient (Wildman–Crippen LogP) is 5.55. The minimum atomic E-state index is -0.122. The molecule has 37 heavy (non-hydrogen) atoms. The highest BCUT2D eigenvalue weighted by molar-refractivity contribution is 9.10. The van der Waals surface area contributed by atoms with Crippen molar-refractivity contribution in [3.05, 3.63) is 93.9 Å². The number of nitrogens with zero attached hydrogens (tertiary/aromatic N) is 3. The van der Waals surface area contributed by atoms with Crippen LogP contribution in [0.2, 0.25) is 0 Å². The van der Waals surface area contributed by atoms with Gasteiger partial charge < -0.3 is 19.1 Å². The van der Waals surface area contributed by atoms with Gasteiger partial charge in [-0.3, -0.25) is 9.59 Å². The van der Waals surface area contributed by atoms with Gasteiger partial charge in [-0.15, -0.1) is 0 Å². The van der Waals surface area contributed by atoms with Crippen molar-refractivity contribution < 1.29 is 14.0 Å². The zero-order valence-corrected chi connectivity index (χ0v) is 23.2. The molecule has 0 unspecified atom stereocenters. The third-order valence-corrected chi connectivity index (χ3v) is 7.32. The van der Waals surface area contributed by atoms with Gasteiger partial charge in [0, 0.05) is 29.7 Å². The summed E-state index contributed by atoms with van der Waals surface area (Å²) in [5.74, 6) is 1.37. The molecule has 1 aromatic heterocycles. The molecule has 0 N–H and O–H groups in total. The molecule has 0 spiro atoms. The quantitative estimate of drug-likeness (QED) is 0.306. The molecular formula is C30H36BrN3O3. The van der Waals surface area contributed by atoms with E-state index >= 15 is 0 Å². The maximum Gasteiger partial charge on any atom is 0.254 e. The summed E-state index contributed by atoms with van der Waals surface area (Å²) in [6.07, 6.45) is 4.38. The molecule has 2 heterocycles. The fourth-order valence-corrected chi connectivity index (χ4v) is 5.12. The summed E-state index contributed by atoms with van der Waals surface area (Å²) in [7, 11) is 0. The summed E-state index contributed by atoms with van der Waals surface area (Å²) < 4.78 is 6.64. The van der Waals surface area contributed by atoms with Crippen molar-refractivity contribution in [1.82, 2.24) is 14.7 Å². The number of rotatable bonds is 11. The fraction of sp³-hybridized carbons (Fsp3) is 0.400. The summed E-state index contributed by atoms with van der Waals surface area (Å²) in [4.78, 5) is 33.2. The molecule has 1 aliphatic rings. The van der Waals surface area contributed by atoms with E-state index in [9.17, 15) is 9.59 Å². The van der Waals surface area contributed by atoms with E-state index in [1.54, 1.807) is 4.90 Å². The van der Waals surface area contributed by atoms with E-state index < -0.39 is 0 Å². The minimum Gasteiger partial charge on any atom is -0.464 e. The molecular weight excluding hydrogens is 530 g/mol. The van der Waals surface area contributed by atoms with Crippen LogP contribution in [0.1, 0.15) is 46.7 Å². The number of piperidine rings is 1. The lowest BCUT2D eigenvalue weighted by molar-refractivity contribution is -0.132. The Hall–Kier alpha value is -2.90. The van der Waals surface area contributed by atoms with Gasteiger partial charge >= 0.3 is 0 Å². The molecule has 7 heteroatoms. The van der Waals surface area contributed by atoms with E-state index in [4.69, 9.17) is 4.42 Å². The maximum absolute atomic E-state index is 13.7. The first kappa shape index (κ1) is 27.1. The fourth-order valence-electron chi connectivity index (χ4n) is 4.72. The Labute approximate surface area is 228 Å². The van der Waals surface area contributed by atoms with Crippen molar-refractivity contribution in [2.75, 3.05) is 39.3 Å². The van der Waals surface area contributed by atoms with Crippen LogP contribution in [0.5, 0.6) is 0 Å². The van der Waals surface area contributed by atoms with Gasteiger partial charge in [0.25, 0.3) is 5.91 Å².